The van der Waals surface area contributed by atoms with E-state index < -0.39 is 6.09 Å². The van der Waals surface area contributed by atoms with E-state index in [-0.39, 0.29) is 0 Å². The number of carbonyl (C=O) groups is 2. The van der Waals surface area contributed by atoms with Gasteiger partial charge in [-0.15, -0.1) is 11.3 Å². The van der Waals surface area contributed by atoms with Gasteiger partial charge in [-0.1, -0.05) is 0 Å². The number of nitrogens with zero attached hydrogens (tertiary/aromatic N) is 3. The number of carbonyl (C=O) groups excluding carboxylic acids is 1. The molecular formula is C9H8N4O3S. The number of aldehydes is 1. The number of hydrogen-bond acceptors (Lipinski definition) is 5. The Morgan fingerprint density at radius 1 is 1.65 bits per heavy atom. The van der Waals surface area contributed by atoms with Crippen molar-refractivity contribution in [2.75, 3.05) is 5.32 Å². The fourth-order valence-electron chi connectivity index (χ4n) is 1.25. The molecule has 0 spiro atoms. The van der Waals surface area contributed by atoms with Crippen LogP contribution in [0.2, 0.25) is 0 Å². The summed E-state index contributed by atoms with van der Waals surface area (Å²) >= 11 is 1.26. The minimum atomic E-state index is -1.14. The minimum absolute atomic E-state index is 0.392. The first-order valence-electron chi connectivity index (χ1n) is 4.59. The Morgan fingerprint density at radius 2 is 2.47 bits per heavy atom. The smallest absolute Gasteiger partial charge is 0.409 e. The van der Waals surface area contributed by atoms with Gasteiger partial charge in [0.05, 0.1) is 24.1 Å². The van der Waals surface area contributed by atoms with Crippen molar-refractivity contribution in [1.82, 2.24) is 14.8 Å². The van der Waals surface area contributed by atoms with Crippen LogP contribution < -0.4 is 5.32 Å². The van der Waals surface area contributed by atoms with Gasteiger partial charge in [0.25, 0.3) is 0 Å². The molecule has 1 amide bonds. The van der Waals surface area contributed by atoms with Crippen LogP contribution in [0.4, 0.5) is 10.5 Å². The van der Waals surface area contributed by atoms with Crippen molar-refractivity contribution in [3.63, 3.8) is 0 Å². The Labute approximate surface area is 99.7 Å². The summed E-state index contributed by atoms with van der Waals surface area (Å²) in [6.07, 6.45) is 2.51. The van der Waals surface area contributed by atoms with Gasteiger partial charge in [-0.25, -0.2) is 9.78 Å². The first kappa shape index (κ1) is 11.3. The maximum atomic E-state index is 10.4. The molecule has 0 aliphatic carbocycles. The zero-order valence-electron chi connectivity index (χ0n) is 8.53. The number of amides is 1. The van der Waals surface area contributed by atoms with Gasteiger partial charge in [-0.3, -0.25) is 14.8 Å². The summed E-state index contributed by atoms with van der Waals surface area (Å²) in [6, 6.07) is 0. The van der Waals surface area contributed by atoms with E-state index in [0.29, 0.717) is 29.2 Å². The molecule has 7 nitrogen and oxygen atoms in total. The molecule has 0 fully saturated rings. The summed E-state index contributed by atoms with van der Waals surface area (Å²) in [5.41, 5.74) is 1.10. The van der Waals surface area contributed by atoms with E-state index in [1.165, 1.54) is 22.2 Å². The van der Waals surface area contributed by atoms with Crippen LogP contribution in [-0.4, -0.2) is 32.3 Å². The summed E-state index contributed by atoms with van der Waals surface area (Å²) in [5.74, 6) is 0. The predicted octanol–water partition coefficient (Wildman–Crippen LogP) is 1.29. The Kier molecular flexibility index (Phi) is 3.15. The number of rotatable bonds is 4. The monoisotopic (exact) mass is 252 g/mol. The van der Waals surface area contributed by atoms with Crippen molar-refractivity contribution in [2.24, 2.45) is 0 Å². The normalized spacial score (nSPS) is 10.1. The molecule has 2 N–H and O–H groups in total. The highest BCUT2D eigenvalue weighted by Gasteiger charge is 2.05. The summed E-state index contributed by atoms with van der Waals surface area (Å²) in [4.78, 5) is 24.9. The van der Waals surface area contributed by atoms with Crippen molar-refractivity contribution >= 4 is 29.4 Å². The van der Waals surface area contributed by atoms with Crippen molar-refractivity contribution in [3.8, 4) is 0 Å². The average Bonchev–Trinajstić information content (AvgIpc) is 2.88. The Morgan fingerprint density at radius 3 is 3.12 bits per heavy atom. The third-order valence-electron chi connectivity index (χ3n) is 1.88. The van der Waals surface area contributed by atoms with Crippen LogP contribution in [0.3, 0.4) is 0 Å². The van der Waals surface area contributed by atoms with Crippen molar-refractivity contribution in [1.29, 1.82) is 0 Å². The highest BCUT2D eigenvalue weighted by atomic mass is 32.1. The van der Waals surface area contributed by atoms with E-state index in [9.17, 15) is 9.59 Å². The lowest BCUT2D eigenvalue weighted by Crippen LogP contribution is -2.06. The molecule has 2 rings (SSSR count). The fourth-order valence-corrected chi connectivity index (χ4v) is 1.86. The molecule has 0 aliphatic heterocycles. The molecule has 0 saturated heterocycles. The third kappa shape index (κ3) is 2.88. The number of aromatic nitrogens is 3. The van der Waals surface area contributed by atoms with Gasteiger partial charge in [0, 0.05) is 11.6 Å². The first-order valence-corrected chi connectivity index (χ1v) is 5.47. The van der Waals surface area contributed by atoms with Gasteiger partial charge < -0.3 is 5.11 Å². The lowest BCUT2D eigenvalue weighted by molar-refractivity contribution is 0.112. The van der Waals surface area contributed by atoms with Crippen LogP contribution in [0.15, 0.2) is 17.8 Å². The predicted molar refractivity (Wildman–Crippen MR) is 60.5 cm³/mol. The molecule has 8 heteroatoms. The number of hydrogen-bond donors (Lipinski definition) is 2. The maximum Gasteiger partial charge on any atom is 0.409 e. The standard InChI is InChI=1S/C9H8N4O3S/c14-4-8-11-7(5-17-8)3-13-2-6(1-10-13)12-9(15)16/h1-2,4-5,12H,3H2,(H,15,16). The summed E-state index contributed by atoms with van der Waals surface area (Å²) in [5, 5.41) is 16.8. The van der Waals surface area contributed by atoms with E-state index in [1.807, 2.05) is 0 Å². The second-order valence-corrected chi connectivity index (χ2v) is 4.04. The van der Waals surface area contributed by atoms with Crippen LogP contribution in [0, 0.1) is 0 Å². The number of thiazole rings is 1. The lowest BCUT2D eigenvalue weighted by Gasteiger charge is -1.96. The van der Waals surface area contributed by atoms with Crippen LogP contribution in [0.1, 0.15) is 15.5 Å². The van der Waals surface area contributed by atoms with Crippen LogP contribution >= 0.6 is 11.3 Å². The summed E-state index contributed by atoms with van der Waals surface area (Å²) < 4.78 is 1.54. The molecule has 0 radical (unpaired) electrons. The molecule has 0 aliphatic rings. The van der Waals surface area contributed by atoms with Crippen molar-refractivity contribution in [3.05, 3.63) is 28.5 Å². The van der Waals surface area contributed by atoms with Crippen LogP contribution in [-0.2, 0) is 6.54 Å². The minimum Gasteiger partial charge on any atom is -0.465 e. The highest BCUT2D eigenvalue weighted by Crippen LogP contribution is 2.10. The van der Waals surface area contributed by atoms with Crippen LogP contribution in [0.5, 0.6) is 0 Å². The molecule has 2 heterocycles. The molecule has 0 saturated carbocycles. The largest absolute Gasteiger partial charge is 0.465 e. The molecular weight excluding hydrogens is 244 g/mol. The van der Waals surface area contributed by atoms with Gasteiger partial charge in [0.2, 0.25) is 0 Å². The third-order valence-corrected chi connectivity index (χ3v) is 2.70. The van der Waals surface area contributed by atoms with Crippen LogP contribution in [0.25, 0.3) is 0 Å². The Hall–Kier alpha value is -2.22. The van der Waals surface area contributed by atoms with E-state index in [0.717, 1.165) is 0 Å². The molecule has 2 aromatic heterocycles. The summed E-state index contributed by atoms with van der Waals surface area (Å²) in [6.45, 7) is 0.394. The zero-order valence-corrected chi connectivity index (χ0v) is 9.35. The second kappa shape index (κ2) is 4.74. The Bertz CT molecular complexity index is 548. The SMILES string of the molecule is O=Cc1nc(Cn2cc(NC(=O)O)cn2)cs1. The molecule has 0 aromatic carbocycles. The number of nitrogens with one attached hydrogen (secondary N) is 1. The van der Waals surface area contributed by atoms with E-state index in [2.05, 4.69) is 15.4 Å². The topological polar surface area (TPSA) is 97.1 Å². The summed E-state index contributed by atoms with van der Waals surface area (Å²) in [7, 11) is 0. The second-order valence-electron chi connectivity index (χ2n) is 3.15. The maximum absolute atomic E-state index is 10.4. The quantitative estimate of drug-likeness (QED) is 0.799. The van der Waals surface area contributed by atoms with Gasteiger partial charge in [0.15, 0.2) is 11.3 Å². The van der Waals surface area contributed by atoms with Crippen molar-refractivity contribution in [2.45, 2.75) is 6.54 Å². The molecule has 0 unspecified atom stereocenters. The van der Waals surface area contributed by atoms with Gasteiger partial charge >= 0.3 is 6.09 Å². The molecule has 88 valence electrons. The molecule has 2 aromatic rings. The van der Waals surface area contributed by atoms with E-state index in [1.54, 1.807) is 11.6 Å². The van der Waals surface area contributed by atoms with E-state index >= 15 is 0 Å². The molecule has 0 atom stereocenters. The number of carboxylic acid groups (broad SMARTS) is 1. The van der Waals surface area contributed by atoms with E-state index in [4.69, 9.17) is 5.11 Å². The Balaban J connectivity index is 2.05. The van der Waals surface area contributed by atoms with Gasteiger partial charge in [-0.05, 0) is 0 Å². The van der Waals surface area contributed by atoms with Gasteiger partial charge in [0.1, 0.15) is 0 Å². The number of anilines is 1. The molecule has 17 heavy (non-hydrogen) atoms. The molecule has 0 bridgehead atoms. The zero-order chi connectivity index (χ0) is 12.3. The fraction of sp³-hybridized carbons (Fsp3) is 0.111. The van der Waals surface area contributed by atoms with Crippen molar-refractivity contribution < 1.29 is 14.7 Å². The van der Waals surface area contributed by atoms with Gasteiger partial charge in [-0.2, -0.15) is 5.10 Å². The lowest BCUT2D eigenvalue weighted by atomic mass is 10.5. The highest BCUT2D eigenvalue weighted by molar-refractivity contribution is 7.11. The average molecular weight is 252 g/mol. The first-order chi connectivity index (χ1) is 8.17.